The second-order valence-corrected chi connectivity index (χ2v) is 4.09. The number of nitrogens with one attached hydrogen (secondary N) is 1. The smallest absolute Gasteiger partial charge is 0.122 e. The molecule has 92 valence electrons. The quantitative estimate of drug-likeness (QED) is 0.766. The standard InChI is InChI=1S/C14H20N2O/c1-11-12(2)14(17-3)6-5-13(11)7-10-16-9-4-8-15/h5-6,16H,4,7,9-10H2,1-3H3. The SMILES string of the molecule is COc1ccc(CCNCCC#N)c(C)c1C. The molecule has 0 heterocycles. The Labute approximate surface area is 103 Å². The van der Waals surface area contributed by atoms with Crippen molar-refractivity contribution in [3.8, 4) is 11.8 Å². The molecule has 0 unspecified atom stereocenters. The third-order valence-electron chi connectivity index (χ3n) is 3.05. The Morgan fingerprint density at radius 3 is 2.65 bits per heavy atom. The highest BCUT2D eigenvalue weighted by Crippen LogP contribution is 2.23. The summed E-state index contributed by atoms with van der Waals surface area (Å²) in [6, 6.07) is 6.26. The largest absolute Gasteiger partial charge is 0.496 e. The van der Waals surface area contributed by atoms with Crippen LogP contribution in [0.5, 0.6) is 5.75 Å². The highest BCUT2D eigenvalue weighted by Gasteiger charge is 2.05. The van der Waals surface area contributed by atoms with Gasteiger partial charge in [-0.3, -0.25) is 0 Å². The van der Waals surface area contributed by atoms with E-state index in [0.29, 0.717) is 6.42 Å². The lowest BCUT2D eigenvalue weighted by Crippen LogP contribution is -2.18. The van der Waals surface area contributed by atoms with Gasteiger partial charge in [0.05, 0.1) is 13.2 Å². The van der Waals surface area contributed by atoms with Gasteiger partial charge in [0, 0.05) is 13.0 Å². The molecule has 3 nitrogen and oxygen atoms in total. The van der Waals surface area contributed by atoms with E-state index in [1.807, 2.05) is 6.07 Å². The maximum absolute atomic E-state index is 8.42. The first-order valence-electron chi connectivity index (χ1n) is 5.91. The molecule has 0 aliphatic rings. The van der Waals surface area contributed by atoms with Gasteiger partial charge >= 0.3 is 0 Å². The van der Waals surface area contributed by atoms with E-state index in [1.165, 1.54) is 16.7 Å². The molecule has 0 saturated heterocycles. The molecule has 0 saturated carbocycles. The maximum Gasteiger partial charge on any atom is 0.122 e. The number of benzene rings is 1. The van der Waals surface area contributed by atoms with Crippen LogP contribution in [-0.4, -0.2) is 20.2 Å². The van der Waals surface area contributed by atoms with E-state index >= 15 is 0 Å². The molecule has 0 radical (unpaired) electrons. The molecule has 0 spiro atoms. The van der Waals surface area contributed by atoms with Crippen LogP contribution >= 0.6 is 0 Å². The number of rotatable bonds is 6. The van der Waals surface area contributed by atoms with E-state index in [-0.39, 0.29) is 0 Å². The van der Waals surface area contributed by atoms with Gasteiger partial charge in [-0.15, -0.1) is 0 Å². The lowest BCUT2D eigenvalue weighted by Gasteiger charge is -2.12. The predicted octanol–water partition coefficient (Wildman–Crippen LogP) is 2.36. The topological polar surface area (TPSA) is 45.0 Å². The van der Waals surface area contributed by atoms with Crippen LogP contribution < -0.4 is 10.1 Å². The molecule has 1 aromatic carbocycles. The summed E-state index contributed by atoms with van der Waals surface area (Å²) in [7, 11) is 1.70. The van der Waals surface area contributed by atoms with Gasteiger partial charge in [-0.1, -0.05) is 6.07 Å². The molecule has 0 aromatic heterocycles. The Hall–Kier alpha value is -1.53. The fraction of sp³-hybridized carbons (Fsp3) is 0.500. The number of nitriles is 1. The summed E-state index contributed by atoms with van der Waals surface area (Å²) >= 11 is 0. The van der Waals surface area contributed by atoms with Crippen molar-refractivity contribution >= 4 is 0 Å². The monoisotopic (exact) mass is 232 g/mol. The average molecular weight is 232 g/mol. The Kier molecular flexibility index (Phi) is 5.51. The average Bonchev–Trinajstić information content (AvgIpc) is 2.34. The Morgan fingerprint density at radius 2 is 2.00 bits per heavy atom. The second kappa shape index (κ2) is 6.93. The van der Waals surface area contributed by atoms with E-state index in [0.717, 1.165) is 25.3 Å². The lowest BCUT2D eigenvalue weighted by atomic mass is 10.00. The third-order valence-corrected chi connectivity index (χ3v) is 3.05. The molecule has 0 fully saturated rings. The molecular formula is C14H20N2O. The van der Waals surface area contributed by atoms with Crippen molar-refractivity contribution in [3.05, 3.63) is 28.8 Å². The molecule has 0 aliphatic carbocycles. The Bertz CT molecular complexity index is 407. The summed E-state index contributed by atoms with van der Waals surface area (Å²) in [5.41, 5.74) is 3.85. The first-order valence-corrected chi connectivity index (χ1v) is 5.91. The van der Waals surface area contributed by atoms with E-state index < -0.39 is 0 Å². The van der Waals surface area contributed by atoms with Crippen molar-refractivity contribution < 1.29 is 4.74 Å². The highest BCUT2D eigenvalue weighted by atomic mass is 16.5. The minimum absolute atomic E-state index is 0.570. The molecule has 17 heavy (non-hydrogen) atoms. The molecule has 0 aliphatic heterocycles. The van der Waals surface area contributed by atoms with Crippen LogP contribution in [0.15, 0.2) is 12.1 Å². The van der Waals surface area contributed by atoms with Crippen LogP contribution in [-0.2, 0) is 6.42 Å². The lowest BCUT2D eigenvalue weighted by molar-refractivity contribution is 0.411. The normalized spacial score (nSPS) is 10.0. The van der Waals surface area contributed by atoms with Crippen molar-refractivity contribution in [3.63, 3.8) is 0 Å². The van der Waals surface area contributed by atoms with Gasteiger partial charge in [0.2, 0.25) is 0 Å². The Balaban J connectivity index is 2.55. The molecular weight excluding hydrogens is 212 g/mol. The third kappa shape index (κ3) is 3.76. The maximum atomic E-state index is 8.42. The van der Waals surface area contributed by atoms with Crippen LogP contribution in [0.2, 0.25) is 0 Å². The number of hydrogen-bond acceptors (Lipinski definition) is 3. The van der Waals surface area contributed by atoms with Gasteiger partial charge in [0.15, 0.2) is 0 Å². The molecule has 1 rings (SSSR count). The molecule has 3 heteroatoms. The van der Waals surface area contributed by atoms with Crippen LogP contribution in [0, 0.1) is 25.2 Å². The van der Waals surface area contributed by atoms with E-state index in [9.17, 15) is 0 Å². The summed E-state index contributed by atoms with van der Waals surface area (Å²) in [5.74, 6) is 0.948. The van der Waals surface area contributed by atoms with Gasteiger partial charge in [0.25, 0.3) is 0 Å². The Morgan fingerprint density at radius 1 is 1.24 bits per heavy atom. The van der Waals surface area contributed by atoms with E-state index in [4.69, 9.17) is 10.00 Å². The van der Waals surface area contributed by atoms with Crippen molar-refractivity contribution in [1.82, 2.24) is 5.32 Å². The number of nitrogens with zero attached hydrogens (tertiary/aromatic N) is 1. The second-order valence-electron chi connectivity index (χ2n) is 4.09. The summed E-state index contributed by atoms with van der Waals surface area (Å²) in [6.45, 7) is 5.89. The summed E-state index contributed by atoms with van der Waals surface area (Å²) < 4.78 is 5.29. The zero-order valence-corrected chi connectivity index (χ0v) is 10.8. The van der Waals surface area contributed by atoms with Crippen molar-refractivity contribution in [2.45, 2.75) is 26.7 Å². The molecule has 0 bridgehead atoms. The minimum Gasteiger partial charge on any atom is -0.496 e. The van der Waals surface area contributed by atoms with Gasteiger partial charge in [-0.2, -0.15) is 5.26 Å². The van der Waals surface area contributed by atoms with Crippen LogP contribution in [0.1, 0.15) is 23.1 Å². The van der Waals surface area contributed by atoms with Crippen molar-refractivity contribution in [2.75, 3.05) is 20.2 Å². The number of hydrogen-bond donors (Lipinski definition) is 1. The van der Waals surface area contributed by atoms with Crippen molar-refractivity contribution in [2.24, 2.45) is 0 Å². The molecule has 1 N–H and O–H groups in total. The van der Waals surface area contributed by atoms with Crippen LogP contribution in [0.4, 0.5) is 0 Å². The van der Waals surface area contributed by atoms with Gasteiger partial charge in [0.1, 0.15) is 5.75 Å². The van der Waals surface area contributed by atoms with E-state index in [2.05, 4.69) is 31.3 Å². The highest BCUT2D eigenvalue weighted by molar-refractivity contribution is 5.43. The zero-order chi connectivity index (χ0) is 12.7. The summed E-state index contributed by atoms with van der Waals surface area (Å²) in [5, 5.41) is 11.7. The minimum atomic E-state index is 0.570. The van der Waals surface area contributed by atoms with Gasteiger partial charge in [-0.25, -0.2) is 0 Å². The van der Waals surface area contributed by atoms with Gasteiger partial charge < -0.3 is 10.1 Å². The van der Waals surface area contributed by atoms with E-state index in [1.54, 1.807) is 7.11 Å². The molecule has 1 aromatic rings. The number of ether oxygens (including phenoxy) is 1. The van der Waals surface area contributed by atoms with Crippen LogP contribution in [0.25, 0.3) is 0 Å². The van der Waals surface area contributed by atoms with Crippen LogP contribution in [0.3, 0.4) is 0 Å². The predicted molar refractivity (Wildman–Crippen MR) is 69.3 cm³/mol. The summed E-state index contributed by atoms with van der Waals surface area (Å²) in [4.78, 5) is 0. The van der Waals surface area contributed by atoms with Gasteiger partial charge in [-0.05, 0) is 49.6 Å². The summed E-state index contributed by atoms with van der Waals surface area (Å²) in [6.07, 6.45) is 1.56. The number of methoxy groups -OCH3 is 1. The first kappa shape index (κ1) is 13.5. The first-order chi connectivity index (χ1) is 8.20. The molecule has 0 amide bonds. The zero-order valence-electron chi connectivity index (χ0n) is 10.8. The van der Waals surface area contributed by atoms with Crippen molar-refractivity contribution in [1.29, 1.82) is 5.26 Å². The fourth-order valence-corrected chi connectivity index (χ4v) is 1.84. The fourth-order valence-electron chi connectivity index (χ4n) is 1.84. The molecule has 0 atom stereocenters.